The van der Waals surface area contributed by atoms with Crippen molar-refractivity contribution in [1.82, 2.24) is 25.3 Å². The van der Waals surface area contributed by atoms with E-state index in [1.54, 1.807) is 32.2 Å². The van der Waals surface area contributed by atoms with Gasteiger partial charge in [0.1, 0.15) is 23.3 Å². The number of fused-ring (bicyclic) bond motifs is 1. The Labute approximate surface area is 250 Å². The van der Waals surface area contributed by atoms with Crippen molar-refractivity contribution in [3.63, 3.8) is 0 Å². The van der Waals surface area contributed by atoms with Gasteiger partial charge in [-0.1, -0.05) is 36.5 Å². The van der Waals surface area contributed by atoms with E-state index >= 15 is 0 Å². The molecule has 3 aromatic rings. The number of aliphatic hydroxyl groups excluding tert-OH is 1. The minimum atomic E-state index is -0.557. The highest BCUT2D eigenvalue weighted by Gasteiger charge is 2.28. The van der Waals surface area contributed by atoms with Crippen LogP contribution in [0.5, 0.6) is 5.75 Å². The van der Waals surface area contributed by atoms with Gasteiger partial charge in [-0.15, -0.1) is 0 Å². The summed E-state index contributed by atoms with van der Waals surface area (Å²) >= 11 is 12.8. The number of hydrogen-bond donors (Lipinski definition) is 3. The monoisotopic (exact) mass is 598 g/mol. The molecule has 0 bridgehead atoms. The van der Waals surface area contributed by atoms with Crippen molar-refractivity contribution < 1.29 is 9.84 Å². The number of nitrogens with one attached hydrogen (secondary N) is 2. The first-order valence-electron chi connectivity index (χ1n) is 13.4. The molecule has 0 saturated carbocycles. The van der Waals surface area contributed by atoms with Gasteiger partial charge in [0, 0.05) is 56.1 Å². The Balaban J connectivity index is 1.83. The van der Waals surface area contributed by atoms with E-state index in [0.717, 1.165) is 23.2 Å². The lowest BCUT2D eigenvalue weighted by atomic mass is 10.1. The van der Waals surface area contributed by atoms with Crippen LogP contribution in [0.3, 0.4) is 0 Å². The number of nitrogens with zero attached hydrogens (tertiary/aromatic N) is 6. The first-order valence-corrected chi connectivity index (χ1v) is 14.2. The zero-order valence-corrected chi connectivity index (χ0v) is 25.7. The summed E-state index contributed by atoms with van der Waals surface area (Å²) in [5.41, 5.74) is 5.13. The van der Waals surface area contributed by atoms with E-state index in [4.69, 9.17) is 48.3 Å². The molecule has 12 heteroatoms. The van der Waals surface area contributed by atoms with Crippen LogP contribution in [0.15, 0.2) is 30.0 Å². The number of anilines is 2. The molecule has 3 N–H and O–H groups in total. The van der Waals surface area contributed by atoms with Crippen molar-refractivity contribution in [3.8, 4) is 17.1 Å². The lowest BCUT2D eigenvalue weighted by molar-refractivity contribution is 0.0994. The molecule has 41 heavy (non-hydrogen) atoms. The number of rotatable bonds is 11. The fourth-order valence-corrected chi connectivity index (χ4v) is 4.95. The summed E-state index contributed by atoms with van der Waals surface area (Å²) in [5.74, 6) is 2.30. The molecule has 3 heterocycles. The van der Waals surface area contributed by atoms with Crippen molar-refractivity contribution in [2.75, 3.05) is 37.5 Å². The molecule has 1 aliphatic rings. The number of aromatic nitrogens is 4. The number of hydrogen-bond acceptors (Lipinski definition) is 10. The van der Waals surface area contributed by atoms with Crippen molar-refractivity contribution in [2.45, 2.75) is 52.8 Å². The topological polar surface area (TPSA) is 123 Å². The van der Waals surface area contributed by atoms with Crippen LogP contribution in [0.2, 0.25) is 5.02 Å². The second-order valence-electron chi connectivity index (χ2n) is 10.2. The van der Waals surface area contributed by atoms with E-state index in [1.165, 1.54) is 0 Å². The third-order valence-electron chi connectivity index (χ3n) is 6.90. The summed E-state index contributed by atoms with van der Waals surface area (Å²) in [6, 6.07) is 5.28. The van der Waals surface area contributed by atoms with Crippen molar-refractivity contribution in [1.29, 1.82) is 5.41 Å². The van der Waals surface area contributed by atoms with Gasteiger partial charge < -0.3 is 25.0 Å². The quantitative estimate of drug-likeness (QED) is 0.256. The molecule has 1 aromatic carbocycles. The molecule has 10 nitrogen and oxygen atoms in total. The number of allylic oxidation sites excluding steroid dienone is 1. The van der Waals surface area contributed by atoms with Crippen LogP contribution in [0, 0.1) is 12.3 Å². The van der Waals surface area contributed by atoms with Gasteiger partial charge in [0.25, 0.3) is 0 Å². The van der Waals surface area contributed by atoms with E-state index in [-0.39, 0.29) is 11.8 Å². The smallest absolute Gasteiger partial charge is 0.225 e. The highest BCUT2D eigenvalue weighted by atomic mass is 35.5. The molecule has 0 aliphatic carbocycles. The Morgan fingerprint density at radius 1 is 1.24 bits per heavy atom. The fourth-order valence-electron chi connectivity index (χ4n) is 4.65. The van der Waals surface area contributed by atoms with Crippen molar-refractivity contribution in [3.05, 3.63) is 57.5 Å². The molecule has 1 aliphatic heterocycles. The third kappa shape index (κ3) is 6.72. The van der Waals surface area contributed by atoms with E-state index in [1.807, 2.05) is 39.0 Å². The number of halogens is 2. The second-order valence-corrected chi connectivity index (χ2v) is 11.0. The number of aliphatic hydroxyl groups is 1. The third-order valence-corrected chi connectivity index (χ3v) is 7.51. The molecule has 0 amide bonds. The lowest BCUT2D eigenvalue weighted by Gasteiger charge is -2.23. The summed E-state index contributed by atoms with van der Waals surface area (Å²) in [6.07, 6.45) is 2.82. The zero-order valence-electron chi connectivity index (χ0n) is 24.2. The van der Waals surface area contributed by atoms with Crippen LogP contribution in [0.25, 0.3) is 17.1 Å². The average Bonchev–Trinajstić information content (AvgIpc) is 3.37. The van der Waals surface area contributed by atoms with E-state index in [9.17, 15) is 5.11 Å². The molecule has 0 unspecified atom stereocenters. The minimum absolute atomic E-state index is 0.0883. The van der Waals surface area contributed by atoms with Crippen molar-refractivity contribution in [2.24, 2.45) is 0 Å². The first kappa shape index (κ1) is 30.5. The molecule has 0 fully saturated rings. The van der Waals surface area contributed by atoms with E-state index in [2.05, 4.69) is 15.2 Å². The highest BCUT2D eigenvalue weighted by molar-refractivity contribution is 6.69. The minimum Gasteiger partial charge on any atom is -0.491 e. The van der Waals surface area contributed by atoms with Crippen LogP contribution in [-0.4, -0.2) is 64.1 Å². The maximum atomic E-state index is 10.1. The maximum absolute atomic E-state index is 10.1. The summed E-state index contributed by atoms with van der Waals surface area (Å²) in [6.45, 7) is 7.04. The van der Waals surface area contributed by atoms with Crippen LogP contribution < -0.4 is 19.9 Å². The number of benzene rings is 1. The summed E-state index contributed by atoms with van der Waals surface area (Å²) < 4.78 is 5.87. The molecule has 218 valence electrons. The predicted molar refractivity (Wildman–Crippen MR) is 165 cm³/mol. The second kappa shape index (κ2) is 13.0. The Morgan fingerprint density at radius 2 is 2.00 bits per heavy atom. The van der Waals surface area contributed by atoms with Gasteiger partial charge in [0.15, 0.2) is 5.82 Å². The van der Waals surface area contributed by atoms with Gasteiger partial charge >= 0.3 is 0 Å². The Hall–Kier alpha value is -3.47. The Bertz CT molecular complexity index is 1480. The van der Waals surface area contributed by atoms with Crippen LogP contribution >= 0.6 is 23.2 Å². The molecule has 1 atom stereocenters. The Kier molecular flexibility index (Phi) is 9.68. The van der Waals surface area contributed by atoms with Crippen LogP contribution in [0.4, 0.5) is 11.8 Å². The van der Waals surface area contributed by atoms with Crippen LogP contribution in [-0.2, 0) is 13.1 Å². The molecule has 4 rings (SSSR count). The molecular weight excluding hydrogens is 563 g/mol. The summed E-state index contributed by atoms with van der Waals surface area (Å²) in [4.78, 5) is 23.2. The molecule has 0 saturated heterocycles. The normalized spacial score (nSPS) is 13.9. The molecule has 0 radical (unpaired) electrons. The largest absolute Gasteiger partial charge is 0.491 e. The van der Waals surface area contributed by atoms with E-state index in [0.29, 0.717) is 70.4 Å². The standard InChI is InChI=1S/C29H36Cl2N8O2/c1-7-8-19(40)15-41-20-9-10-22(30)21(11-20)27-36-25(24(33-4)16(2)26(31)32)17(3)28(37-27)39-13-18-12-34-29(38(5)6)35-23(18)14-39/h9-12,19,32-33,40H,7-8,13-15H2,1-6H3/b24-16-,32-26?/t19-/m1/s1. The molecule has 2 aromatic heterocycles. The molecule has 0 spiro atoms. The van der Waals surface area contributed by atoms with Crippen LogP contribution in [0.1, 0.15) is 49.2 Å². The van der Waals surface area contributed by atoms with Gasteiger partial charge in [-0.05, 0) is 38.5 Å². The van der Waals surface area contributed by atoms with E-state index < -0.39 is 6.10 Å². The lowest BCUT2D eigenvalue weighted by Crippen LogP contribution is -2.21. The SMILES string of the molecule is CCC[C@@H](O)COc1ccc(Cl)c(-c2nc(/C(NC)=C(\C)C(=N)Cl)c(C)c(N3Cc4cnc(N(C)C)nc4C3)n2)c1. The zero-order chi connectivity index (χ0) is 29.8. The van der Waals surface area contributed by atoms with Crippen molar-refractivity contribution >= 4 is 45.8 Å². The molecular formula is C29H36Cl2N8O2. The van der Waals surface area contributed by atoms with Gasteiger partial charge in [-0.25, -0.2) is 19.9 Å². The number of ether oxygens (including phenoxy) is 1. The predicted octanol–water partition coefficient (Wildman–Crippen LogP) is 5.19. The van der Waals surface area contributed by atoms with Gasteiger partial charge in [-0.3, -0.25) is 5.41 Å². The highest BCUT2D eigenvalue weighted by Crippen LogP contribution is 2.36. The summed E-state index contributed by atoms with van der Waals surface area (Å²) in [5, 5.41) is 21.7. The fraction of sp³-hybridized carbons (Fsp3) is 0.414. The first-order chi connectivity index (χ1) is 19.5. The van der Waals surface area contributed by atoms with Gasteiger partial charge in [0.05, 0.1) is 34.8 Å². The maximum Gasteiger partial charge on any atom is 0.225 e. The Morgan fingerprint density at radius 3 is 2.66 bits per heavy atom. The average molecular weight is 600 g/mol. The van der Waals surface area contributed by atoms with Gasteiger partial charge in [-0.2, -0.15) is 0 Å². The summed E-state index contributed by atoms with van der Waals surface area (Å²) in [7, 11) is 5.60. The van der Waals surface area contributed by atoms with Gasteiger partial charge in [0.2, 0.25) is 5.95 Å².